The molecule has 0 amide bonds. The van der Waals surface area contributed by atoms with Crippen LogP contribution in [0.1, 0.15) is 27.7 Å². The van der Waals surface area contributed by atoms with Crippen LogP contribution in [0.4, 0.5) is 0 Å². The van der Waals surface area contributed by atoms with E-state index >= 15 is 0 Å². The van der Waals surface area contributed by atoms with Crippen LogP contribution >= 0.6 is 0 Å². The Morgan fingerprint density at radius 3 is 1.50 bits per heavy atom. The smallest absolute Gasteiger partial charge is 0.110 e. The molecule has 0 bridgehead atoms. The van der Waals surface area contributed by atoms with Crippen LogP contribution in [0.15, 0.2) is 0 Å². The first-order valence-corrected chi connectivity index (χ1v) is 3.56. The van der Waals surface area contributed by atoms with Crippen LogP contribution in [0.2, 0.25) is 0 Å². The van der Waals surface area contributed by atoms with E-state index in [0.717, 1.165) is 0 Å². The summed E-state index contributed by atoms with van der Waals surface area (Å²) in [4.78, 5) is 0. The molecule has 1 aliphatic rings. The lowest BCUT2D eigenvalue weighted by Gasteiger charge is -2.58. The van der Waals surface area contributed by atoms with Crippen molar-refractivity contribution in [1.82, 2.24) is 0 Å². The predicted molar refractivity (Wildman–Crippen MR) is 38.7 cm³/mol. The Bertz CT molecular complexity index is 119. The summed E-state index contributed by atoms with van der Waals surface area (Å²) in [5.41, 5.74) is -0.799. The van der Waals surface area contributed by atoms with Crippen LogP contribution in [0.3, 0.4) is 0 Å². The van der Waals surface area contributed by atoms with Gasteiger partial charge in [0.05, 0.1) is 6.10 Å². The maximum atomic E-state index is 9.49. The van der Waals surface area contributed by atoms with Crippen molar-refractivity contribution in [2.24, 2.45) is 10.8 Å². The minimum Gasteiger partial charge on any atom is -0.392 e. The highest BCUT2D eigenvalue weighted by atomic mass is 16.3. The van der Waals surface area contributed by atoms with Crippen molar-refractivity contribution >= 4 is 0 Å². The van der Waals surface area contributed by atoms with Crippen molar-refractivity contribution in [3.63, 3.8) is 0 Å². The molecule has 0 spiro atoms. The average Bonchev–Trinajstić information content (AvgIpc) is 1.84. The fraction of sp³-hybridized carbons (Fsp3) is 0.875. The van der Waals surface area contributed by atoms with E-state index < -0.39 is 16.9 Å². The molecule has 0 unspecified atom stereocenters. The molecule has 1 saturated carbocycles. The van der Waals surface area contributed by atoms with Gasteiger partial charge >= 0.3 is 0 Å². The van der Waals surface area contributed by atoms with Crippen molar-refractivity contribution in [2.45, 2.75) is 33.8 Å². The topological polar surface area (TPSA) is 40.5 Å². The van der Waals surface area contributed by atoms with E-state index in [2.05, 4.69) is 0 Å². The molecule has 1 radical (unpaired) electrons. The minimum absolute atomic E-state index is 0.399. The lowest BCUT2D eigenvalue weighted by Crippen LogP contribution is -2.61. The van der Waals surface area contributed by atoms with E-state index in [-0.39, 0.29) is 0 Å². The number of hydrogen-bond donors (Lipinski definition) is 2. The monoisotopic (exact) mass is 143 g/mol. The van der Waals surface area contributed by atoms with Crippen LogP contribution in [0.5, 0.6) is 0 Å². The summed E-state index contributed by atoms with van der Waals surface area (Å²) < 4.78 is 0. The molecule has 1 fully saturated rings. The maximum absolute atomic E-state index is 9.49. The summed E-state index contributed by atoms with van der Waals surface area (Å²) in [6, 6.07) is 0. The van der Waals surface area contributed by atoms with Gasteiger partial charge in [0.1, 0.15) is 6.10 Å². The average molecular weight is 143 g/mol. The fourth-order valence-electron chi connectivity index (χ4n) is 1.91. The van der Waals surface area contributed by atoms with Crippen molar-refractivity contribution in [3.05, 3.63) is 6.10 Å². The molecule has 0 saturated heterocycles. The first-order valence-electron chi connectivity index (χ1n) is 3.56. The highest BCUT2D eigenvalue weighted by Crippen LogP contribution is 2.58. The normalized spacial score (nSPS) is 31.8. The van der Waals surface area contributed by atoms with Crippen LogP contribution in [-0.4, -0.2) is 16.3 Å². The van der Waals surface area contributed by atoms with E-state index in [9.17, 15) is 10.2 Å². The summed E-state index contributed by atoms with van der Waals surface area (Å²) in [5, 5.41) is 18.9. The first kappa shape index (κ1) is 8.02. The molecule has 0 aromatic heterocycles. The predicted octanol–water partition coefficient (Wildman–Crippen LogP) is 1.32. The molecule has 0 aromatic carbocycles. The lowest BCUT2D eigenvalue weighted by atomic mass is 9.51. The summed E-state index contributed by atoms with van der Waals surface area (Å²) in [5.74, 6) is 0. The van der Waals surface area contributed by atoms with Crippen LogP contribution < -0.4 is 0 Å². The van der Waals surface area contributed by atoms with E-state index in [1.165, 1.54) is 0 Å². The quantitative estimate of drug-likeness (QED) is 0.537. The van der Waals surface area contributed by atoms with Gasteiger partial charge in [0.2, 0.25) is 0 Å². The highest BCUT2D eigenvalue weighted by Gasteiger charge is 2.61. The van der Waals surface area contributed by atoms with Gasteiger partial charge < -0.3 is 10.2 Å². The number of aliphatic hydroxyl groups excluding tert-OH is 2. The van der Waals surface area contributed by atoms with Gasteiger partial charge in [-0.3, -0.25) is 0 Å². The number of rotatable bonds is 0. The SMILES string of the molecule is CC1(C)[C](O)C(C)(C)C1O. The molecule has 2 heteroatoms. The van der Waals surface area contributed by atoms with Gasteiger partial charge in [-0.25, -0.2) is 0 Å². The molecule has 0 aromatic rings. The zero-order valence-electron chi connectivity index (χ0n) is 6.97. The molecule has 1 aliphatic carbocycles. The summed E-state index contributed by atoms with van der Waals surface area (Å²) in [7, 11) is 0. The fourth-order valence-corrected chi connectivity index (χ4v) is 1.91. The molecule has 2 nitrogen and oxygen atoms in total. The standard InChI is InChI=1S/C8H15O2/c1-7(2)5(9)8(3,4)6(7)10/h5,9-10H,1-4H3. The van der Waals surface area contributed by atoms with Gasteiger partial charge in [0.15, 0.2) is 0 Å². The molecule has 0 aliphatic heterocycles. The van der Waals surface area contributed by atoms with E-state index in [0.29, 0.717) is 6.10 Å². The van der Waals surface area contributed by atoms with Gasteiger partial charge in [-0.15, -0.1) is 0 Å². The zero-order chi connectivity index (χ0) is 8.15. The third kappa shape index (κ3) is 0.663. The summed E-state index contributed by atoms with van der Waals surface area (Å²) >= 11 is 0. The largest absolute Gasteiger partial charge is 0.392 e. The Kier molecular flexibility index (Phi) is 1.40. The van der Waals surface area contributed by atoms with E-state index in [1.54, 1.807) is 0 Å². The van der Waals surface area contributed by atoms with Crippen molar-refractivity contribution < 1.29 is 10.2 Å². The van der Waals surface area contributed by atoms with E-state index in [4.69, 9.17) is 0 Å². The molecule has 10 heavy (non-hydrogen) atoms. The second kappa shape index (κ2) is 1.74. The van der Waals surface area contributed by atoms with Crippen molar-refractivity contribution in [1.29, 1.82) is 0 Å². The summed E-state index contributed by atoms with van der Waals surface area (Å²) in [6.45, 7) is 7.38. The molecular weight excluding hydrogens is 128 g/mol. The van der Waals surface area contributed by atoms with Crippen LogP contribution in [-0.2, 0) is 0 Å². The Morgan fingerprint density at radius 1 is 1.10 bits per heavy atom. The third-order valence-corrected chi connectivity index (χ3v) is 2.59. The number of hydrogen-bond acceptors (Lipinski definition) is 2. The minimum atomic E-state index is -0.417. The molecule has 0 atom stereocenters. The Morgan fingerprint density at radius 2 is 1.40 bits per heavy atom. The second-order valence-corrected chi connectivity index (χ2v) is 4.19. The highest BCUT2D eigenvalue weighted by molar-refractivity contribution is 5.21. The Labute approximate surface area is 61.9 Å². The van der Waals surface area contributed by atoms with Crippen molar-refractivity contribution in [2.75, 3.05) is 0 Å². The first-order chi connectivity index (χ1) is 4.31. The zero-order valence-corrected chi connectivity index (χ0v) is 6.97. The molecule has 2 N–H and O–H groups in total. The van der Waals surface area contributed by atoms with Gasteiger partial charge in [0, 0.05) is 10.8 Å². The Balaban J connectivity index is 2.78. The molecule has 0 heterocycles. The van der Waals surface area contributed by atoms with Gasteiger partial charge in [-0.2, -0.15) is 0 Å². The van der Waals surface area contributed by atoms with Gasteiger partial charge in [-0.05, 0) is 0 Å². The van der Waals surface area contributed by atoms with Gasteiger partial charge in [-0.1, -0.05) is 27.7 Å². The van der Waals surface area contributed by atoms with Crippen molar-refractivity contribution in [3.8, 4) is 0 Å². The number of aliphatic hydroxyl groups is 2. The Hall–Kier alpha value is -0.0800. The maximum Gasteiger partial charge on any atom is 0.110 e. The molecule has 59 valence electrons. The second-order valence-electron chi connectivity index (χ2n) is 4.19. The summed E-state index contributed by atoms with van der Waals surface area (Å²) in [6.07, 6.45) is -0.00694. The van der Waals surface area contributed by atoms with E-state index in [1.807, 2.05) is 27.7 Å². The third-order valence-electron chi connectivity index (χ3n) is 2.59. The van der Waals surface area contributed by atoms with Crippen LogP contribution in [0, 0.1) is 16.9 Å². The van der Waals surface area contributed by atoms with Crippen LogP contribution in [0.25, 0.3) is 0 Å². The van der Waals surface area contributed by atoms with Gasteiger partial charge in [0.25, 0.3) is 0 Å². The molecule has 1 rings (SSSR count). The molecular formula is C8H15O2. The lowest BCUT2D eigenvalue weighted by molar-refractivity contribution is -0.179.